The van der Waals surface area contributed by atoms with Crippen LogP contribution in [0.1, 0.15) is 11.1 Å². The molecule has 78 valence electrons. The third-order valence-corrected chi connectivity index (χ3v) is 4.70. The van der Waals surface area contributed by atoms with E-state index in [1.807, 2.05) is 0 Å². The largest absolute Gasteiger partial charge is 0.107 e. The zero-order valence-corrected chi connectivity index (χ0v) is 10.7. The van der Waals surface area contributed by atoms with Gasteiger partial charge in [0.1, 0.15) is 0 Å². The van der Waals surface area contributed by atoms with Crippen molar-refractivity contribution in [2.24, 2.45) is 0 Å². The van der Waals surface area contributed by atoms with Crippen LogP contribution in [-0.2, 0) is 6.42 Å². The minimum atomic E-state index is -0.273. The Labute approximate surface area is 98.5 Å². The number of hydrogen-bond acceptors (Lipinski definition) is 0. The fraction of sp³-hybridized carbons (Fsp3) is 0.0667. The number of benzene rings is 2. The zero-order valence-electron chi connectivity index (χ0n) is 9.24. The zero-order chi connectivity index (χ0) is 11.0. The summed E-state index contributed by atoms with van der Waals surface area (Å²) in [5.74, 6) is 0. The van der Waals surface area contributed by atoms with Gasteiger partial charge < -0.3 is 0 Å². The smallest absolute Gasteiger partial charge is 0.0779 e. The van der Waals surface area contributed by atoms with Crippen LogP contribution in [0.15, 0.2) is 54.7 Å². The summed E-state index contributed by atoms with van der Waals surface area (Å²) in [5.41, 5.74) is 8.02. The standard InChI is InChI=1S/C15H14Si/c1-2-16-15-9-5-8-13-12-7-4-3-6-11(12)10-14(13)15/h2-9H,1,10,16H2. The molecule has 2 aromatic carbocycles. The first kappa shape index (κ1) is 9.61. The highest BCUT2D eigenvalue weighted by Gasteiger charge is 2.19. The predicted octanol–water partition coefficient (Wildman–Crippen LogP) is 2.20. The minimum Gasteiger partial charge on any atom is -0.107 e. The van der Waals surface area contributed by atoms with Crippen molar-refractivity contribution in [2.75, 3.05) is 0 Å². The van der Waals surface area contributed by atoms with Gasteiger partial charge in [-0.2, -0.15) is 0 Å². The lowest BCUT2D eigenvalue weighted by Crippen LogP contribution is -2.16. The first-order valence-corrected chi connectivity index (χ1v) is 7.22. The molecule has 2 aromatic rings. The van der Waals surface area contributed by atoms with Gasteiger partial charge in [-0.3, -0.25) is 0 Å². The highest BCUT2D eigenvalue weighted by atomic mass is 28.2. The number of rotatable bonds is 2. The molecule has 0 heterocycles. The molecule has 0 fully saturated rings. The summed E-state index contributed by atoms with van der Waals surface area (Å²) in [4.78, 5) is 0. The Morgan fingerprint density at radius 3 is 2.69 bits per heavy atom. The van der Waals surface area contributed by atoms with Crippen molar-refractivity contribution in [3.05, 3.63) is 65.9 Å². The molecule has 0 aromatic heterocycles. The lowest BCUT2D eigenvalue weighted by Gasteiger charge is -2.05. The van der Waals surface area contributed by atoms with E-state index in [0.29, 0.717) is 0 Å². The molecule has 0 saturated heterocycles. The van der Waals surface area contributed by atoms with E-state index in [4.69, 9.17) is 0 Å². The SMILES string of the molecule is C=C[SiH2]c1cccc2c1Cc1ccccc1-2. The lowest BCUT2D eigenvalue weighted by atomic mass is 10.1. The van der Waals surface area contributed by atoms with Crippen LogP contribution < -0.4 is 5.19 Å². The average Bonchev–Trinajstić information content (AvgIpc) is 2.69. The number of hydrogen-bond donors (Lipinski definition) is 0. The van der Waals surface area contributed by atoms with Crippen LogP contribution in [0.2, 0.25) is 0 Å². The molecule has 1 heteroatoms. The summed E-state index contributed by atoms with van der Waals surface area (Å²) >= 11 is 0. The normalized spacial score (nSPS) is 12.8. The van der Waals surface area contributed by atoms with Gasteiger partial charge in [-0.05, 0) is 28.7 Å². The highest BCUT2D eigenvalue weighted by Crippen LogP contribution is 2.34. The molecule has 0 spiro atoms. The van der Waals surface area contributed by atoms with Crippen molar-refractivity contribution < 1.29 is 0 Å². The Hall–Kier alpha value is -1.60. The van der Waals surface area contributed by atoms with Gasteiger partial charge in [0.05, 0.1) is 9.52 Å². The average molecular weight is 222 g/mol. The second kappa shape index (κ2) is 3.76. The second-order valence-electron chi connectivity index (χ2n) is 4.27. The van der Waals surface area contributed by atoms with Crippen molar-refractivity contribution in [1.82, 2.24) is 0 Å². The fourth-order valence-corrected chi connectivity index (χ4v) is 3.72. The molecule has 0 saturated carbocycles. The number of fused-ring (bicyclic) bond motifs is 3. The molecular weight excluding hydrogens is 208 g/mol. The van der Waals surface area contributed by atoms with Crippen LogP contribution in [0.3, 0.4) is 0 Å². The van der Waals surface area contributed by atoms with Gasteiger partial charge in [-0.15, -0.1) is 12.3 Å². The van der Waals surface area contributed by atoms with Gasteiger partial charge in [0, 0.05) is 0 Å². The molecule has 0 unspecified atom stereocenters. The summed E-state index contributed by atoms with van der Waals surface area (Å²) in [6, 6.07) is 15.5. The van der Waals surface area contributed by atoms with Crippen LogP contribution in [0, 0.1) is 0 Å². The van der Waals surface area contributed by atoms with E-state index in [9.17, 15) is 0 Å². The Kier molecular flexibility index (Phi) is 2.26. The molecule has 0 bridgehead atoms. The Balaban J connectivity index is 2.19. The van der Waals surface area contributed by atoms with Crippen LogP contribution in [0.5, 0.6) is 0 Å². The molecule has 0 aliphatic heterocycles. The Morgan fingerprint density at radius 2 is 1.81 bits per heavy atom. The summed E-state index contributed by atoms with van der Waals surface area (Å²) in [5, 5.41) is 1.56. The first-order chi connectivity index (χ1) is 7.90. The molecule has 1 aliphatic rings. The van der Waals surface area contributed by atoms with E-state index < -0.39 is 0 Å². The van der Waals surface area contributed by atoms with Crippen molar-refractivity contribution in [1.29, 1.82) is 0 Å². The second-order valence-corrected chi connectivity index (χ2v) is 6.02. The molecule has 3 rings (SSSR count). The highest BCUT2D eigenvalue weighted by molar-refractivity contribution is 6.59. The van der Waals surface area contributed by atoms with Gasteiger partial charge >= 0.3 is 0 Å². The molecular formula is C15H14Si. The van der Waals surface area contributed by atoms with Crippen molar-refractivity contribution in [3.63, 3.8) is 0 Å². The van der Waals surface area contributed by atoms with E-state index in [-0.39, 0.29) is 9.52 Å². The van der Waals surface area contributed by atoms with Gasteiger partial charge in [0.15, 0.2) is 0 Å². The topological polar surface area (TPSA) is 0 Å². The van der Waals surface area contributed by atoms with Crippen LogP contribution in [0.25, 0.3) is 11.1 Å². The maximum absolute atomic E-state index is 3.89. The van der Waals surface area contributed by atoms with Crippen molar-refractivity contribution >= 4 is 14.7 Å². The third kappa shape index (κ3) is 1.36. The quantitative estimate of drug-likeness (QED) is 0.583. The van der Waals surface area contributed by atoms with E-state index in [1.54, 1.807) is 10.8 Å². The minimum absolute atomic E-state index is 0.273. The van der Waals surface area contributed by atoms with Gasteiger partial charge in [0.2, 0.25) is 0 Å². The van der Waals surface area contributed by atoms with Crippen LogP contribution in [0.4, 0.5) is 0 Å². The molecule has 0 radical (unpaired) electrons. The Bertz CT molecular complexity index is 555. The van der Waals surface area contributed by atoms with Crippen molar-refractivity contribution in [3.8, 4) is 11.1 Å². The van der Waals surface area contributed by atoms with Gasteiger partial charge in [-0.25, -0.2) is 0 Å². The summed E-state index contributed by atoms with van der Waals surface area (Å²) < 4.78 is 0. The van der Waals surface area contributed by atoms with Gasteiger partial charge in [0.25, 0.3) is 0 Å². The van der Waals surface area contributed by atoms with E-state index in [1.165, 1.54) is 16.7 Å². The maximum atomic E-state index is 3.89. The van der Waals surface area contributed by atoms with E-state index in [0.717, 1.165) is 6.42 Å². The summed E-state index contributed by atoms with van der Waals surface area (Å²) in [6.07, 6.45) is 1.11. The van der Waals surface area contributed by atoms with Crippen molar-refractivity contribution in [2.45, 2.75) is 6.42 Å². The predicted molar refractivity (Wildman–Crippen MR) is 73.1 cm³/mol. The van der Waals surface area contributed by atoms with E-state index in [2.05, 4.69) is 54.7 Å². The molecule has 0 N–H and O–H groups in total. The molecule has 0 nitrogen and oxygen atoms in total. The summed E-state index contributed by atoms with van der Waals surface area (Å²) in [7, 11) is -0.273. The lowest BCUT2D eigenvalue weighted by molar-refractivity contribution is 1.28. The van der Waals surface area contributed by atoms with E-state index >= 15 is 0 Å². The van der Waals surface area contributed by atoms with Gasteiger partial charge in [-0.1, -0.05) is 47.7 Å². The molecule has 0 atom stereocenters. The molecule has 1 aliphatic carbocycles. The fourth-order valence-electron chi connectivity index (χ4n) is 2.57. The monoisotopic (exact) mass is 222 g/mol. The maximum Gasteiger partial charge on any atom is 0.0779 e. The first-order valence-electron chi connectivity index (χ1n) is 5.70. The summed E-state index contributed by atoms with van der Waals surface area (Å²) in [6.45, 7) is 3.89. The Morgan fingerprint density at radius 1 is 1.00 bits per heavy atom. The van der Waals surface area contributed by atoms with Crippen LogP contribution >= 0.6 is 0 Å². The van der Waals surface area contributed by atoms with Crippen LogP contribution in [-0.4, -0.2) is 9.52 Å². The molecule has 0 amide bonds. The third-order valence-electron chi connectivity index (χ3n) is 3.31. The molecule has 16 heavy (non-hydrogen) atoms.